The third kappa shape index (κ3) is 7.39. The zero-order valence-corrected chi connectivity index (χ0v) is 25.3. The number of benzene rings is 1. The summed E-state index contributed by atoms with van der Waals surface area (Å²) in [6.45, 7) is 16.2. The minimum absolute atomic E-state index is 0.304. The number of ether oxygens (including phenoxy) is 4. The highest BCUT2D eigenvalue weighted by atomic mass is 16.6. The molecule has 2 aromatic heterocycles. The molecule has 11 heteroatoms. The first-order chi connectivity index (χ1) is 19.3. The number of amides is 2. The molecule has 11 nitrogen and oxygen atoms in total. The zero-order chi connectivity index (χ0) is 29.9. The molecule has 0 N–H and O–H groups in total. The third-order valence-electron chi connectivity index (χ3n) is 6.20. The largest absolute Gasteiger partial charge is 0.494 e. The molecule has 3 heterocycles. The van der Waals surface area contributed by atoms with Gasteiger partial charge in [-0.2, -0.15) is 14.6 Å². The molecule has 0 radical (unpaired) electrons. The molecule has 3 aromatic rings. The summed E-state index contributed by atoms with van der Waals surface area (Å²) in [6, 6.07) is 8.94. The van der Waals surface area contributed by atoms with Crippen LogP contribution in [0.1, 0.15) is 66.9 Å². The van der Waals surface area contributed by atoms with E-state index in [1.165, 1.54) is 4.90 Å². The summed E-state index contributed by atoms with van der Waals surface area (Å²) in [7, 11) is 0. The van der Waals surface area contributed by atoms with Gasteiger partial charge in [-0.1, -0.05) is 0 Å². The Labute approximate surface area is 241 Å². The fraction of sp³-hybridized carbons (Fsp3) is 0.533. The summed E-state index contributed by atoms with van der Waals surface area (Å²) in [5.74, 6) is 1.48. The van der Waals surface area contributed by atoms with E-state index >= 15 is 0 Å². The summed E-state index contributed by atoms with van der Waals surface area (Å²) in [5, 5.41) is 4.46. The van der Waals surface area contributed by atoms with Crippen molar-refractivity contribution in [2.75, 3.05) is 24.6 Å². The van der Waals surface area contributed by atoms with Gasteiger partial charge < -0.3 is 23.8 Å². The summed E-state index contributed by atoms with van der Waals surface area (Å²) in [6.07, 6.45) is 1.88. The Kier molecular flexibility index (Phi) is 8.65. The van der Waals surface area contributed by atoms with Crippen LogP contribution in [0.5, 0.6) is 11.6 Å². The van der Waals surface area contributed by atoms with Crippen LogP contribution in [0.2, 0.25) is 0 Å². The second-order valence-electron chi connectivity index (χ2n) is 12.0. The Morgan fingerprint density at radius 2 is 1.71 bits per heavy atom. The predicted molar refractivity (Wildman–Crippen MR) is 155 cm³/mol. The smallest absolute Gasteiger partial charge is 0.420 e. The van der Waals surface area contributed by atoms with Gasteiger partial charge in [0.1, 0.15) is 23.1 Å². The van der Waals surface area contributed by atoms with Crippen molar-refractivity contribution < 1.29 is 28.5 Å². The van der Waals surface area contributed by atoms with Gasteiger partial charge in [0.2, 0.25) is 5.88 Å². The molecule has 1 aliphatic heterocycles. The maximum absolute atomic E-state index is 13.7. The number of carbonyl (C=O) groups is 2. The number of hydrogen-bond acceptors (Lipinski definition) is 8. The summed E-state index contributed by atoms with van der Waals surface area (Å²) in [4.78, 5) is 34.3. The molecule has 0 saturated carbocycles. The van der Waals surface area contributed by atoms with Gasteiger partial charge in [0.25, 0.3) is 0 Å². The lowest BCUT2D eigenvalue weighted by molar-refractivity contribution is 0.00713. The van der Waals surface area contributed by atoms with Gasteiger partial charge in [0.15, 0.2) is 11.5 Å². The van der Waals surface area contributed by atoms with Crippen molar-refractivity contribution in [1.82, 2.24) is 19.5 Å². The molecule has 0 aliphatic carbocycles. The highest BCUT2D eigenvalue weighted by molar-refractivity contribution is 5.96. The number of fused-ring (bicyclic) bond motifs is 1. The molecule has 1 unspecified atom stereocenters. The number of likely N-dealkylation sites (tertiary alicyclic amines) is 1. The lowest BCUT2D eigenvalue weighted by atomic mass is 10.1. The highest BCUT2D eigenvalue weighted by Crippen LogP contribution is 2.36. The van der Waals surface area contributed by atoms with E-state index in [0.717, 1.165) is 12.8 Å². The van der Waals surface area contributed by atoms with Crippen LogP contribution in [0.3, 0.4) is 0 Å². The summed E-state index contributed by atoms with van der Waals surface area (Å²) in [5.41, 5.74) is 0.331. The molecule has 0 bridgehead atoms. The van der Waals surface area contributed by atoms with Crippen molar-refractivity contribution >= 4 is 29.3 Å². The van der Waals surface area contributed by atoms with Crippen LogP contribution in [0.25, 0.3) is 5.65 Å². The van der Waals surface area contributed by atoms with E-state index in [1.807, 2.05) is 55.4 Å². The van der Waals surface area contributed by atoms with Crippen LogP contribution in [0, 0.1) is 6.92 Å². The van der Waals surface area contributed by atoms with Gasteiger partial charge in [-0.15, -0.1) is 0 Å². The highest BCUT2D eigenvalue weighted by Gasteiger charge is 2.33. The predicted octanol–water partition coefficient (Wildman–Crippen LogP) is 6.29. The second kappa shape index (κ2) is 11.8. The molecule has 1 atom stereocenters. The maximum Gasteiger partial charge on any atom is 0.420 e. The van der Waals surface area contributed by atoms with Crippen molar-refractivity contribution in [2.24, 2.45) is 0 Å². The Balaban J connectivity index is 1.72. The summed E-state index contributed by atoms with van der Waals surface area (Å²) >= 11 is 0. The molecule has 222 valence electrons. The Bertz CT molecular complexity index is 1370. The van der Waals surface area contributed by atoms with Gasteiger partial charge in [-0.05, 0) is 92.5 Å². The van der Waals surface area contributed by atoms with Crippen molar-refractivity contribution in [3.63, 3.8) is 0 Å². The zero-order valence-electron chi connectivity index (χ0n) is 25.3. The number of hydrogen-bond donors (Lipinski definition) is 0. The van der Waals surface area contributed by atoms with Crippen LogP contribution in [-0.4, -0.2) is 68.7 Å². The molecule has 41 heavy (non-hydrogen) atoms. The lowest BCUT2D eigenvalue weighted by Gasteiger charge is -2.34. The average molecular weight is 568 g/mol. The maximum atomic E-state index is 13.7. The Morgan fingerprint density at radius 3 is 2.34 bits per heavy atom. The molecule has 4 rings (SSSR count). The molecule has 1 saturated heterocycles. The SMILES string of the molecule is CCOc1ccc(N(C(=O)OC(C)(C)C)c2c(C)c(OC3CCCN(C(=O)OC(C)(C)C)C3)nc3ccnn23)cc1. The van der Waals surface area contributed by atoms with E-state index in [4.69, 9.17) is 23.9 Å². The number of nitrogens with zero attached hydrogens (tertiary/aromatic N) is 5. The normalized spacial score (nSPS) is 15.9. The molecule has 1 aliphatic rings. The Morgan fingerprint density at radius 1 is 1.02 bits per heavy atom. The summed E-state index contributed by atoms with van der Waals surface area (Å²) < 4.78 is 25.0. The molecular formula is C30H41N5O6. The third-order valence-corrected chi connectivity index (χ3v) is 6.20. The van der Waals surface area contributed by atoms with Crippen molar-refractivity contribution in [3.05, 3.63) is 42.1 Å². The number of piperidine rings is 1. The van der Waals surface area contributed by atoms with E-state index in [9.17, 15) is 9.59 Å². The monoisotopic (exact) mass is 567 g/mol. The fourth-order valence-electron chi connectivity index (χ4n) is 4.53. The van der Waals surface area contributed by atoms with Crippen LogP contribution in [-0.2, 0) is 9.47 Å². The first kappa shape index (κ1) is 30.0. The minimum atomic E-state index is -0.739. The fourth-order valence-corrected chi connectivity index (χ4v) is 4.53. The number of carbonyl (C=O) groups excluding carboxylic acids is 2. The standard InChI is InChI=1S/C30H41N5O6/c1-9-38-22-14-12-21(13-15-22)34(28(37)41-30(6,7)8)26-20(2)25(32-24-16-17-31-35(24)26)39-23-11-10-18-33(19-23)27(36)40-29(3,4)5/h12-17,23H,9-11,18-19H2,1-8H3. The first-order valence-electron chi connectivity index (χ1n) is 14.0. The molecule has 1 aromatic carbocycles. The Hall–Kier alpha value is -4.02. The van der Waals surface area contributed by atoms with Crippen molar-refractivity contribution in [2.45, 2.75) is 85.5 Å². The van der Waals surface area contributed by atoms with Crippen molar-refractivity contribution in [3.8, 4) is 11.6 Å². The van der Waals surface area contributed by atoms with E-state index in [2.05, 4.69) is 5.10 Å². The number of rotatable bonds is 6. The van der Waals surface area contributed by atoms with Gasteiger partial charge in [-0.25, -0.2) is 14.5 Å². The van der Waals surface area contributed by atoms with E-state index in [0.29, 0.717) is 54.0 Å². The lowest BCUT2D eigenvalue weighted by Crippen LogP contribution is -2.46. The second-order valence-corrected chi connectivity index (χ2v) is 12.0. The van der Waals surface area contributed by atoms with Gasteiger partial charge in [0, 0.05) is 12.6 Å². The molecular weight excluding hydrogens is 526 g/mol. The topological polar surface area (TPSA) is 108 Å². The van der Waals surface area contributed by atoms with Crippen molar-refractivity contribution in [1.29, 1.82) is 0 Å². The van der Waals surface area contributed by atoms with E-state index in [-0.39, 0.29) is 12.2 Å². The quantitative estimate of drug-likeness (QED) is 0.342. The van der Waals surface area contributed by atoms with Crippen LogP contribution < -0.4 is 14.4 Å². The van der Waals surface area contributed by atoms with Crippen LogP contribution in [0.4, 0.5) is 21.1 Å². The van der Waals surface area contributed by atoms with Crippen LogP contribution in [0.15, 0.2) is 36.5 Å². The number of aromatic nitrogens is 3. The van der Waals surface area contributed by atoms with Gasteiger partial charge >= 0.3 is 12.2 Å². The first-order valence-corrected chi connectivity index (χ1v) is 14.0. The van der Waals surface area contributed by atoms with Gasteiger partial charge in [-0.3, -0.25) is 0 Å². The minimum Gasteiger partial charge on any atom is -0.494 e. The molecule has 2 amide bonds. The van der Waals surface area contributed by atoms with Crippen LogP contribution >= 0.6 is 0 Å². The van der Waals surface area contributed by atoms with E-state index in [1.54, 1.807) is 45.9 Å². The molecule has 0 spiro atoms. The van der Waals surface area contributed by atoms with Gasteiger partial charge in [0.05, 0.1) is 30.6 Å². The molecule has 1 fully saturated rings. The number of anilines is 2. The van der Waals surface area contributed by atoms with E-state index < -0.39 is 17.3 Å². The average Bonchev–Trinajstić information content (AvgIpc) is 3.33.